The lowest BCUT2D eigenvalue weighted by atomic mass is 9.79. The summed E-state index contributed by atoms with van der Waals surface area (Å²) < 4.78 is 24.6. The van der Waals surface area contributed by atoms with E-state index in [4.69, 9.17) is 9.47 Å². The van der Waals surface area contributed by atoms with Gasteiger partial charge in [0.05, 0.1) is 31.9 Å². The van der Waals surface area contributed by atoms with Crippen molar-refractivity contribution in [2.75, 3.05) is 24.9 Å². The van der Waals surface area contributed by atoms with Gasteiger partial charge >= 0.3 is 0 Å². The van der Waals surface area contributed by atoms with Gasteiger partial charge in [0.25, 0.3) is 0 Å². The van der Waals surface area contributed by atoms with E-state index in [1.807, 2.05) is 0 Å². The number of fused-ring (bicyclic) bond motifs is 2. The molecule has 2 heterocycles. The molecule has 2 aliphatic heterocycles. The smallest absolute Gasteiger partial charge is 0.250 e. The minimum atomic E-state index is -1.50. The molecule has 2 aromatic rings. The molecule has 1 fully saturated rings. The molecule has 0 aliphatic carbocycles. The maximum Gasteiger partial charge on any atom is 0.250 e. The quantitative estimate of drug-likeness (QED) is 0.579. The van der Waals surface area contributed by atoms with E-state index >= 15 is 0 Å². The molecule has 164 valence electrons. The number of aliphatic hydroxyl groups is 1. The van der Waals surface area contributed by atoms with Gasteiger partial charge in [0.1, 0.15) is 22.9 Å². The van der Waals surface area contributed by atoms with Gasteiger partial charge in [0.15, 0.2) is 0 Å². The number of amides is 2. The lowest BCUT2D eigenvalue weighted by molar-refractivity contribution is -0.130. The average molecular weight is 429 g/mol. The Kier molecular flexibility index (Phi) is 5.32. The number of benzene rings is 2. The Morgan fingerprint density at radius 1 is 1.26 bits per heavy atom. The van der Waals surface area contributed by atoms with Gasteiger partial charge in [-0.25, -0.2) is 4.39 Å². The molecule has 8 nitrogen and oxygen atoms in total. The molecule has 31 heavy (non-hydrogen) atoms. The summed E-state index contributed by atoms with van der Waals surface area (Å²) in [5, 5.41) is 18.9. The van der Waals surface area contributed by atoms with E-state index in [-0.39, 0.29) is 6.42 Å². The third kappa shape index (κ3) is 3.39. The topological polar surface area (TPSA) is 109 Å². The van der Waals surface area contributed by atoms with E-state index in [0.29, 0.717) is 28.4 Å². The number of aliphatic hydroxyl groups excluding tert-OH is 1. The van der Waals surface area contributed by atoms with Crippen LogP contribution in [0.15, 0.2) is 36.4 Å². The molecular formula is C22H24FN3O5. The Labute approximate surface area is 178 Å². The van der Waals surface area contributed by atoms with Gasteiger partial charge in [-0.2, -0.15) is 0 Å². The minimum absolute atomic E-state index is 0.180. The number of anilines is 2. The zero-order valence-electron chi connectivity index (χ0n) is 17.4. The lowest BCUT2D eigenvalue weighted by Crippen LogP contribution is -2.53. The predicted molar refractivity (Wildman–Crippen MR) is 112 cm³/mol. The van der Waals surface area contributed by atoms with E-state index in [1.54, 1.807) is 25.1 Å². The summed E-state index contributed by atoms with van der Waals surface area (Å²) in [6.07, 6.45) is -0.648. The van der Waals surface area contributed by atoms with E-state index in [2.05, 4.69) is 16.0 Å². The molecule has 2 aliphatic rings. The average Bonchev–Trinajstić information content (AvgIpc) is 3.28. The largest absolute Gasteiger partial charge is 0.497 e. The van der Waals surface area contributed by atoms with Crippen LogP contribution in [0.1, 0.15) is 18.9 Å². The van der Waals surface area contributed by atoms with Crippen molar-refractivity contribution in [3.05, 3.63) is 47.8 Å². The van der Waals surface area contributed by atoms with Crippen molar-refractivity contribution in [2.45, 2.75) is 31.0 Å². The molecule has 0 unspecified atom stereocenters. The fourth-order valence-electron chi connectivity index (χ4n) is 4.42. The van der Waals surface area contributed by atoms with Crippen LogP contribution in [0.2, 0.25) is 0 Å². The number of nitrogens with one attached hydrogen (secondary N) is 3. The van der Waals surface area contributed by atoms with Crippen LogP contribution in [0.3, 0.4) is 0 Å². The second-order valence-corrected chi connectivity index (χ2v) is 7.79. The maximum atomic E-state index is 14.1. The monoisotopic (exact) mass is 429 g/mol. The van der Waals surface area contributed by atoms with Gasteiger partial charge < -0.3 is 25.2 Å². The molecule has 4 rings (SSSR count). The number of hydrogen-bond acceptors (Lipinski definition) is 6. The molecule has 0 saturated carbocycles. The first-order chi connectivity index (χ1) is 14.8. The van der Waals surface area contributed by atoms with Crippen LogP contribution in [-0.2, 0) is 15.1 Å². The fourth-order valence-corrected chi connectivity index (χ4v) is 4.42. The van der Waals surface area contributed by atoms with Crippen molar-refractivity contribution in [1.82, 2.24) is 5.32 Å². The summed E-state index contributed by atoms with van der Waals surface area (Å²) >= 11 is 0. The predicted octanol–water partition coefficient (Wildman–Crippen LogP) is 1.99. The summed E-state index contributed by atoms with van der Waals surface area (Å²) in [4.78, 5) is 26.6. The van der Waals surface area contributed by atoms with Gasteiger partial charge in [0.2, 0.25) is 11.8 Å². The standard InChI is InChI=1S/C22H24FN3O5/c1-11(27)17-10-15(20(28)24-18-9-13(30-2)5-7-19(18)31-3)22(26-17)14-8-12(23)4-6-16(14)25-21(22)29/h4-9,11,15,17,26-27H,10H2,1-3H3,(H,24,28)(H,25,29)/t11-,15+,17-,22-/m0/s1. The van der Waals surface area contributed by atoms with Crippen molar-refractivity contribution in [3.63, 3.8) is 0 Å². The van der Waals surface area contributed by atoms with Crippen LogP contribution in [-0.4, -0.2) is 43.3 Å². The van der Waals surface area contributed by atoms with Crippen molar-refractivity contribution in [1.29, 1.82) is 0 Å². The molecule has 0 aromatic heterocycles. The number of carbonyl (C=O) groups excluding carboxylic acids is 2. The van der Waals surface area contributed by atoms with E-state index in [0.717, 1.165) is 0 Å². The van der Waals surface area contributed by atoms with Crippen LogP contribution in [0.4, 0.5) is 15.8 Å². The molecular weight excluding hydrogens is 405 g/mol. The van der Waals surface area contributed by atoms with Crippen molar-refractivity contribution < 1.29 is 28.6 Å². The number of rotatable bonds is 5. The van der Waals surface area contributed by atoms with Crippen molar-refractivity contribution >= 4 is 23.2 Å². The summed E-state index contributed by atoms with van der Waals surface area (Å²) in [5.74, 6) is -1.42. The molecule has 1 saturated heterocycles. The molecule has 0 radical (unpaired) electrons. The second kappa shape index (κ2) is 7.82. The first-order valence-electron chi connectivity index (χ1n) is 9.90. The molecule has 0 bridgehead atoms. The first-order valence-corrected chi connectivity index (χ1v) is 9.90. The highest BCUT2D eigenvalue weighted by atomic mass is 19.1. The zero-order chi connectivity index (χ0) is 22.3. The van der Waals surface area contributed by atoms with Crippen molar-refractivity contribution in [3.8, 4) is 11.5 Å². The highest BCUT2D eigenvalue weighted by Crippen LogP contribution is 2.48. The Bertz CT molecular complexity index is 1040. The number of carbonyl (C=O) groups is 2. The number of halogens is 1. The molecule has 9 heteroatoms. The Hall–Kier alpha value is -3.17. The van der Waals surface area contributed by atoms with E-state index in [1.165, 1.54) is 32.4 Å². The highest BCUT2D eigenvalue weighted by Gasteiger charge is 2.60. The molecule has 4 N–H and O–H groups in total. The number of methoxy groups -OCH3 is 2. The highest BCUT2D eigenvalue weighted by molar-refractivity contribution is 6.10. The Morgan fingerprint density at radius 2 is 2.03 bits per heavy atom. The number of hydrogen-bond donors (Lipinski definition) is 4. The van der Waals surface area contributed by atoms with Gasteiger partial charge in [0, 0.05) is 23.4 Å². The number of ether oxygens (including phenoxy) is 2. The first kappa shape index (κ1) is 21.1. The van der Waals surface area contributed by atoms with Gasteiger partial charge in [-0.05, 0) is 43.7 Å². The van der Waals surface area contributed by atoms with E-state index < -0.39 is 41.2 Å². The zero-order valence-corrected chi connectivity index (χ0v) is 17.4. The molecule has 2 aromatic carbocycles. The third-order valence-corrected chi connectivity index (χ3v) is 6.00. The SMILES string of the molecule is COc1ccc(OC)c(NC(=O)[C@H]2C[C@@H]([C@H](C)O)N[C@]23C(=O)Nc2ccc(F)cc23)c1. The van der Waals surface area contributed by atoms with Crippen LogP contribution < -0.4 is 25.4 Å². The fraction of sp³-hybridized carbons (Fsp3) is 0.364. The van der Waals surface area contributed by atoms with Crippen LogP contribution in [0.25, 0.3) is 0 Å². The van der Waals surface area contributed by atoms with Crippen LogP contribution in [0.5, 0.6) is 11.5 Å². The maximum absolute atomic E-state index is 14.1. The van der Waals surface area contributed by atoms with Crippen molar-refractivity contribution in [2.24, 2.45) is 5.92 Å². The molecule has 1 spiro atoms. The Balaban J connectivity index is 1.75. The van der Waals surface area contributed by atoms with Gasteiger partial charge in [-0.3, -0.25) is 14.9 Å². The summed E-state index contributed by atoms with van der Waals surface area (Å²) in [5.41, 5.74) is -0.351. The summed E-state index contributed by atoms with van der Waals surface area (Å²) in [6.45, 7) is 1.58. The second-order valence-electron chi connectivity index (χ2n) is 7.79. The Morgan fingerprint density at radius 3 is 2.71 bits per heavy atom. The summed E-state index contributed by atoms with van der Waals surface area (Å²) in [7, 11) is 2.98. The lowest BCUT2D eigenvalue weighted by Gasteiger charge is -2.29. The summed E-state index contributed by atoms with van der Waals surface area (Å²) in [6, 6.07) is 8.38. The van der Waals surface area contributed by atoms with Crippen LogP contribution in [0, 0.1) is 11.7 Å². The molecule has 2 amide bonds. The van der Waals surface area contributed by atoms with Gasteiger partial charge in [-0.15, -0.1) is 0 Å². The van der Waals surface area contributed by atoms with Crippen LogP contribution >= 0.6 is 0 Å². The minimum Gasteiger partial charge on any atom is -0.497 e. The normalized spacial score (nSPS) is 25.1. The van der Waals surface area contributed by atoms with Gasteiger partial charge in [-0.1, -0.05) is 0 Å². The van der Waals surface area contributed by atoms with E-state index in [9.17, 15) is 19.1 Å². The molecule has 4 atom stereocenters. The third-order valence-electron chi connectivity index (χ3n) is 6.00.